The number of rotatable bonds is 4. The van der Waals surface area contributed by atoms with E-state index in [0.29, 0.717) is 31.8 Å². The van der Waals surface area contributed by atoms with Crippen LogP contribution < -0.4 is 5.32 Å². The third-order valence-corrected chi connectivity index (χ3v) is 5.07. The maximum atomic E-state index is 12.6. The van der Waals surface area contributed by atoms with Crippen LogP contribution in [0.15, 0.2) is 36.1 Å². The van der Waals surface area contributed by atoms with Crippen LogP contribution in [0, 0.1) is 5.92 Å². The maximum Gasteiger partial charge on any atom is 0.261 e. The van der Waals surface area contributed by atoms with Crippen molar-refractivity contribution >= 4 is 5.91 Å². The Kier molecular flexibility index (Phi) is 4.00. The molecule has 0 saturated carbocycles. The molecule has 0 bridgehead atoms. The van der Waals surface area contributed by atoms with Crippen molar-refractivity contribution < 1.29 is 14.6 Å². The van der Waals surface area contributed by atoms with E-state index in [1.807, 2.05) is 6.08 Å². The summed E-state index contributed by atoms with van der Waals surface area (Å²) in [5, 5.41) is 13.8. The fourth-order valence-corrected chi connectivity index (χ4v) is 3.98. The molecular weight excluding hydrogens is 278 g/mol. The molecule has 3 rings (SSSR count). The third-order valence-electron chi connectivity index (χ3n) is 5.07. The Morgan fingerprint density at radius 3 is 3.14 bits per heavy atom. The molecule has 4 heteroatoms. The van der Waals surface area contributed by atoms with Gasteiger partial charge in [-0.25, -0.2) is 0 Å². The second-order valence-corrected chi connectivity index (χ2v) is 6.78. The summed E-state index contributed by atoms with van der Waals surface area (Å²) >= 11 is 0. The summed E-state index contributed by atoms with van der Waals surface area (Å²) < 4.78 is 5.93. The number of fused-ring (bicyclic) bond motifs is 1. The van der Waals surface area contributed by atoms with E-state index in [0.717, 1.165) is 30.5 Å². The van der Waals surface area contributed by atoms with Gasteiger partial charge in [-0.15, -0.1) is 6.58 Å². The van der Waals surface area contributed by atoms with Crippen LogP contribution in [0.25, 0.3) is 0 Å². The second kappa shape index (κ2) is 5.67. The Morgan fingerprint density at radius 2 is 2.41 bits per heavy atom. The van der Waals surface area contributed by atoms with Gasteiger partial charge < -0.3 is 15.2 Å². The molecule has 1 aliphatic carbocycles. The molecule has 2 N–H and O–H groups in total. The number of amides is 1. The number of aliphatic hydroxyl groups is 1. The minimum Gasteiger partial charge on any atom is -0.389 e. The van der Waals surface area contributed by atoms with Crippen LogP contribution >= 0.6 is 0 Å². The van der Waals surface area contributed by atoms with Gasteiger partial charge in [-0.2, -0.15) is 0 Å². The van der Waals surface area contributed by atoms with Gasteiger partial charge in [0.15, 0.2) is 5.60 Å². The van der Waals surface area contributed by atoms with Gasteiger partial charge in [-0.3, -0.25) is 4.79 Å². The molecule has 1 fully saturated rings. The summed E-state index contributed by atoms with van der Waals surface area (Å²) in [7, 11) is 0. The van der Waals surface area contributed by atoms with Crippen LogP contribution in [0.4, 0.5) is 0 Å². The van der Waals surface area contributed by atoms with Gasteiger partial charge in [0.05, 0.1) is 12.2 Å². The van der Waals surface area contributed by atoms with E-state index < -0.39 is 11.2 Å². The van der Waals surface area contributed by atoms with Crippen molar-refractivity contribution in [1.82, 2.24) is 5.32 Å². The molecule has 2 unspecified atom stereocenters. The Balaban J connectivity index is 1.89. The lowest BCUT2D eigenvalue weighted by molar-refractivity contribution is -0.164. The molecule has 3 aliphatic rings. The number of carbonyl (C=O) groups is 1. The average Bonchev–Trinajstić information content (AvgIpc) is 2.71. The molecule has 0 aromatic rings. The lowest BCUT2D eigenvalue weighted by Crippen LogP contribution is -2.54. The predicted octanol–water partition coefficient (Wildman–Crippen LogP) is 2.60. The molecule has 0 aromatic heterocycles. The minimum absolute atomic E-state index is 0.124. The van der Waals surface area contributed by atoms with E-state index in [-0.39, 0.29) is 5.91 Å². The predicted molar refractivity (Wildman–Crippen MR) is 85.0 cm³/mol. The highest BCUT2D eigenvalue weighted by Crippen LogP contribution is 2.46. The first-order chi connectivity index (χ1) is 10.5. The molecule has 3 atom stereocenters. The number of nitrogens with one attached hydrogen (secondary N) is 1. The first-order valence-corrected chi connectivity index (χ1v) is 8.23. The summed E-state index contributed by atoms with van der Waals surface area (Å²) in [6.07, 6.45) is 10.4. The topological polar surface area (TPSA) is 58.6 Å². The second-order valence-electron chi connectivity index (χ2n) is 6.78. The number of allylic oxidation sites excluding steroid dienone is 2. The van der Waals surface area contributed by atoms with Crippen LogP contribution in [-0.2, 0) is 9.53 Å². The number of ether oxygens (including phenoxy) is 1. The molecule has 4 nitrogen and oxygen atoms in total. The van der Waals surface area contributed by atoms with Crippen molar-refractivity contribution in [3.05, 3.63) is 36.1 Å². The van der Waals surface area contributed by atoms with E-state index in [2.05, 4.69) is 24.9 Å². The number of carbonyl (C=O) groups excluding carboxylic acids is 1. The van der Waals surface area contributed by atoms with Crippen LogP contribution in [0.2, 0.25) is 0 Å². The largest absolute Gasteiger partial charge is 0.389 e. The SMILES string of the molecule is C=CC[C@]1(O)CCOC2(C1)C(=O)NC1=C2C=CC(CCC)C1. The minimum atomic E-state index is -1.01. The molecule has 1 amide bonds. The Bertz CT molecular complexity index is 551. The average molecular weight is 303 g/mol. The van der Waals surface area contributed by atoms with Gasteiger partial charge >= 0.3 is 0 Å². The van der Waals surface area contributed by atoms with E-state index in [9.17, 15) is 9.90 Å². The number of hydrogen-bond donors (Lipinski definition) is 2. The van der Waals surface area contributed by atoms with Crippen molar-refractivity contribution in [2.24, 2.45) is 5.92 Å². The van der Waals surface area contributed by atoms with Gasteiger partial charge in [0.2, 0.25) is 0 Å². The normalized spacial score (nSPS) is 37.4. The van der Waals surface area contributed by atoms with Crippen molar-refractivity contribution in [2.75, 3.05) is 6.61 Å². The van der Waals surface area contributed by atoms with Crippen molar-refractivity contribution in [3.8, 4) is 0 Å². The van der Waals surface area contributed by atoms with Gasteiger partial charge in [0.25, 0.3) is 5.91 Å². The van der Waals surface area contributed by atoms with E-state index >= 15 is 0 Å². The summed E-state index contributed by atoms with van der Waals surface area (Å²) in [4.78, 5) is 12.6. The zero-order valence-electron chi connectivity index (χ0n) is 13.2. The first-order valence-electron chi connectivity index (χ1n) is 8.23. The molecule has 2 aliphatic heterocycles. The standard InChI is InChI=1S/C18H25NO3/c1-3-5-13-6-7-14-15(11-13)19-16(20)18(14)12-17(21,8-4-2)9-10-22-18/h4,6-7,13,21H,2-3,5,8-12H2,1H3,(H,19,20)/t13?,17-,18?/m0/s1. The molecule has 1 saturated heterocycles. The van der Waals surface area contributed by atoms with E-state index in [1.54, 1.807) is 6.08 Å². The zero-order valence-corrected chi connectivity index (χ0v) is 13.2. The lowest BCUT2D eigenvalue weighted by Gasteiger charge is -2.42. The van der Waals surface area contributed by atoms with Crippen molar-refractivity contribution in [1.29, 1.82) is 0 Å². The van der Waals surface area contributed by atoms with E-state index in [1.165, 1.54) is 0 Å². The van der Waals surface area contributed by atoms with Gasteiger partial charge in [0.1, 0.15) is 0 Å². The van der Waals surface area contributed by atoms with Crippen LogP contribution in [-0.4, -0.2) is 28.8 Å². The Hall–Kier alpha value is -1.39. The molecule has 0 radical (unpaired) electrons. The Labute approximate surface area is 131 Å². The summed E-state index contributed by atoms with van der Waals surface area (Å²) in [6.45, 7) is 6.28. The van der Waals surface area contributed by atoms with Gasteiger partial charge in [-0.05, 0) is 31.6 Å². The fraction of sp³-hybridized carbons (Fsp3) is 0.611. The fourth-order valence-electron chi connectivity index (χ4n) is 3.98. The summed E-state index contributed by atoms with van der Waals surface area (Å²) in [5.41, 5.74) is -0.0201. The van der Waals surface area contributed by atoms with E-state index in [4.69, 9.17) is 4.74 Å². The highest BCUT2D eigenvalue weighted by Gasteiger charge is 2.55. The highest BCUT2D eigenvalue weighted by atomic mass is 16.5. The quantitative estimate of drug-likeness (QED) is 0.785. The molecule has 2 heterocycles. The monoisotopic (exact) mass is 303 g/mol. The Morgan fingerprint density at radius 1 is 1.59 bits per heavy atom. The van der Waals surface area contributed by atoms with Crippen LogP contribution in [0.3, 0.4) is 0 Å². The van der Waals surface area contributed by atoms with Crippen molar-refractivity contribution in [3.63, 3.8) is 0 Å². The van der Waals surface area contributed by atoms with Crippen LogP contribution in [0.1, 0.15) is 45.4 Å². The highest BCUT2D eigenvalue weighted by molar-refractivity contribution is 5.95. The smallest absolute Gasteiger partial charge is 0.261 e. The molecule has 120 valence electrons. The van der Waals surface area contributed by atoms with Crippen LogP contribution in [0.5, 0.6) is 0 Å². The van der Waals surface area contributed by atoms with Gasteiger partial charge in [0, 0.05) is 17.7 Å². The summed E-state index contributed by atoms with van der Waals surface area (Å²) in [6, 6.07) is 0. The maximum absolute atomic E-state index is 12.6. The van der Waals surface area contributed by atoms with Crippen molar-refractivity contribution in [2.45, 2.75) is 56.7 Å². The summed E-state index contributed by atoms with van der Waals surface area (Å²) in [5.74, 6) is 0.358. The molecule has 0 aromatic carbocycles. The molecular formula is C18H25NO3. The first kappa shape index (κ1) is 15.5. The number of hydrogen-bond acceptors (Lipinski definition) is 3. The zero-order chi connectivity index (χ0) is 15.8. The molecule has 22 heavy (non-hydrogen) atoms. The van der Waals surface area contributed by atoms with Gasteiger partial charge in [-0.1, -0.05) is 31.6 Å². The third kappa shape index (κ3) is 2.44. The lowest BCUT2D eigenvalue weighted by atomic mass is 9.75. The molecule has 1 spiro atoms.